The number of amides is 3. The van der Waals surface area contributed by atoms with Gasteiger partial charge in [0, 0.05) is 12.1 Å². The number of benzene rings is 1. The summed E-state index contributed by atoms with van der Waals surface area (Å²) in [5.41, 5.74) is 2.43. The van der Waals surface area contributed by atoms with Crippen LogP contribution in [0.3, 0.4) is 0 Å². The molecule has 0 saturated carbocycles. The second-order valence-corrected chi connectivity index (χ2v) is 5.84. The number of nitrogens with one attached hydrogen (secondary N) is 1. The van der Waals surface area contributed by atoms with Crippen LogP contribution in [0.4, 0.5) is 5.69 Å². The van der Waals surface area contributed by atoms with E-state index in [1.165, 1.54) is 0 Å². The Morgan fingerprint density at radius 1 is 1.25 bits per heavy atom. The van der Waals surface area contributed by atoms with E-state index in [-0.39, 0.29) is 18.2 Å². The van der Waals surface area contributed by atoms with Gasteiger partial charge in [0.05, 0.1) is 12.1 Å². The summed E-state index contributed by atoms with van der Waals surface area (Å²) in [6.45, 7) is 2.59. The molecule has 0 radical (unpaired) electrons. The molecule has 0 aliphatic carbocycles. The second-order valence-electron chi connectivity index (χ2n) is 5.84. The van der Waals surface area contributed by atoms with Gasteiger partial charge in [0.2, 0.25) is 17.7 Å². The molecule has 0 bridgehead atoms. The van der Waals surface area contributed by atoms with Gasteiger partial charge in [-0.2, -0.15) is 0 Å². The maximum Gasteiger partial charge on any atom is 0.247 e. The Labute approximate surface area is 115 Å². The molecule has 3 amide bonds. The fraction of sp³-hybridized carbons (Fsp3) is 0.400. The van der Waals surface area contributed by atoms with Crippen LogP contribution in [0.25, 0.3) is 0 Å². The minimum absolute atomic E-state index is 0.0585. The number of hydrogen-bond donors (Lipinski definition) is 1. The topological polar surface area (TPSA) is 66.5 Å². The molecule has 0 aromatic heterocycles. The SMILES string of the molecule is Cc1cc2c3c(c1)C1(CC(=O)NC1=O)C(=O)N3CCC2. The lowest BCUT2D eigenvalue weighted by Crippen LogP contribution is -2.46. The first-order valence-corrected chi connectivity index (χ1v) is 6.84. The quantitative estimate of drug-likeness (QED) is 0.553. The number of fused-ring (bicyclic) bond motifs is 1. The summed E-state index contributed by atoms with van der Waals surface area (Å²) in [5.74, 6) is -1.06. The summed E-state index contributed by atoms with van der Waals surface area (Å²) < 4.78 is 0. The molecule has 1 N–H and O–H groups in total. The van der Waals surface area contributed by atoms with Crippen molar-refractivity contribution in [2.45, 2.75) is 31.6 Å². The van der Waals surface area contributed by atoms with E-state index >= 15 is 0 Å². The molecule has 5 nitrogen and oxygen atoms in total. The molecule has 5 heteroatoms. The summed E-state index contributed by atoms with van der Waals surface area (Å²) >= 11 is 0. The van der Waals surface area contributed by atoms with E-state index in [0.29, 0.717) is 6.54 Å². The Bertz CT molecular complexity index is 695. The molecule has 20 heavy (non-hydrogen) atoms. The third kappa shape index (κ3) is 1.16. The number of anilines is 1. The van der Waals surface area contributed by atoms with E-state index in [0.717, 1.165) is 35.2 Å². The van der Waals surface area contributed by atoms with Crippen LogP contribution in [-0.4, -0.2) is 24.3 Å². The molecule has 1 saturated heterocycles. The fourth-order valence-corrected chi connectivity index (χ4v) is 3.77. The summed E-state index contributed by atoms with van der Waals surface area (Å²) in [4.78, 5) is 38.4. The van der Waals surface area contributed by atoms with Gasteiger partial charge >= 0.3 is 0 Å². The average Bonchev–Trinajstić information content (AvgIpc) is 2.82. The number of hydrogen-bond acceptors (Lipinski definition) is 3. The van der Waals surface area contributed by atoms with Gasteiger partial charge in [0.15, 0.2) is 5.41 Å². The number of nitrogens with zero attached hydrogens (tertiary/aromatic N) is 1. The largest absolute Gasteiger partial charge is 0.311 e. The zero-order chi connectivity index (χ0) is 14.1. The highest BCUT2D eigenvalue weighted by atomic mass is 16.2. The van der Waals surface area contributed by atoms with Gasteiger partial charge in [-0.25, -0.2) is 0 Å². The molecule has 1 spiro atoms. The Kier molecular flexibility index (Phi) is 2.02. The number of aryl methyl sites for hydroxylation is 2. The lowest BCUT2D eigenvalue weighted by molar-refractivity contribution is -0.133. The number of imide groups is 1. The maximum absolute atomic E-state index is 12.8. The highest BCUT2D eigenvalue weighted by Gasteiger charge is 2.61. The van der Waals surface area contributed by atoms with Crippen molar-refractivity contribution in [3.8, 4) is 0 Å². The standard InChI is InChI=1S/C15H14N2O3/c1-8-5-9-3-2-4-17-12(9)10(6-8)15(14(17)20)7-11(18)16-13(15)19/h5-6H,2-4,7H2,1H3,(H,16,18,19). The summed E-state index contributed by atoms with van der Waals surface area (Å²) in [6, 6.07) is 3.96. The predicted octanol–water partition coefficient (Wildman–Crippen LogP) is 0.572. The minimum atomic E-state index is -1.31. The third-order valence-corrected chi connectivity index (χ3v) is 4.57. The van der Waals surface area contributed by atoms with Gasteiger partial charge in [0.1, 0.15) is 0 Å². The number of carbonyl (C=O) groups is 3. The first kappa shape index (κ1) is 11.6. The number of rotatable bonds is 0. The van der Waals surface area contributed by atoms with Crippen LogP contribution in [0, 0.1) is 6.92 Å². The van der Waals surface area contributed by atoms with Gasteiger partial charge in [-0.1, -0.05) is 17.7 Å². The van der Waals surface area contributed by atoms with Crippen LogP contribution in [0.15, 0.2) is 12.1 Å². The summed E-state index contributed by atoms with van der Waals surface area (Å²) in [6.07, 6.45) is 1.75. The van der Waals surface area contributed by atoms with Crippen molar-refractivity contribution in [1.82, 2.24) is 5.32 Å². The van der Waals surface area contributed by atoms with Gasteiger partial charge in [-0.3, -0.25) is 19.7 Å². The third-order valence-electron chi connectivity index (χ3n) is 4.57. The molecule has 1 unspecified atom stereocenters. The Hall–Kier alpha value is -2.17. The molecule has 3 aliphatic heterocycles. The fourth-order valence-electron chi connectivity index (χ4n) is 3.77. The summed E-state index contributed by atoms with van der Waals surface area (Å²) in [7, 11) is 0. The molecular weight excluding hydrogens is 256 g/mol. The van der Waals surface area contributed by atoms with Gasteiger partial charge < -0.3 is 4.90 Å². The van der Waals surface area contributed by atoms with Crippen LogP contribution < -0.4 is 10.2 Å². The Balaban J connectivity index is 2.05. The highest BCUT2D eigenvalue weighted by molar-refractivity contribution is 6.29. The molecule has 3 heterocycles. The first-order valence-electron chi connectivity index (χ1n) is 6.84. The molecule has 102 valence electrons. The molecule has 3 aliphatic rings. The van der Waals surface area contributed by atoms with Crippen LogP contribution in [0.2, 0.25) is 0 Å². The Morgan fingerprint density at radius 3 is 2.75 bits per heavy atom. The normalized spacial score (nSPS) is 27.2. The summed E-state index contributed by atoms with van der Waals surface area (Å²) in [5, 5.41) is 2.30. The molecule has 1 aromatic carbocycles. The zero-order valence-electron chi connectivity index (χ0n) is 11.2. The van der Waals surface area contributed by atoms with E-state index in [1.807, 2.05) is 13.0 Å². The highest BCUT2D eigenvalue weighted by Crippen LogP contribution is 2.49. The lowest BCUT2D eigenvalue weighted by atomic mass is 9.79. The van der Waals surface area contributed by atoms with Crippen molar-refractivity contribution in [1.29, 1.82) is 0 Å². The van der Waals surface area contributed by atoms with Crippen molar-refractivity contribution >= 4 is 23.4 Å². The van der Waals surface area contributed by atoms with E-state index in [1.54, 1.807) is 4.90 Å². The minimum Gasteiger partial charge on any atom is -0.311 e. The average molecular weight is 270 g/mol. The predicted molar refractivity (Wildman–Crippen MR) is 71.3 cm³/mol. The van der Waals surface area contributed by atoms with E-state index in [4.69, 9.17) is 0 Å². The second kappa shape index (κ2) is 3.48. The molecule has 4 rings (SSSR count). The molecule has 1 aromatic rings. The van der Waals surface area contributed by atoms with Gasteiger partial charge in [-0.15, -0.1) is 0 Å². The monoisotopic (exact) mass is 270 g/mol. The smallest absolute Gasteiger partial charge is 0.247 e. The first-order chi connectivity index (χ1) is 9.54. The number of carbonyl (C=O) groups excluding carboxylic acids is 3. The van der Waals surface area contributed by atoms with Crippen molar-refractivity contribution in [2.75, 3.05) is 11.4 Å². The molecular formula is C15H14N2O3. The van der Waals surface area contributed by atoms with Crippen molar-refractivity contribution in [3.63, 3.8) is 0 Å². The van der Waals surface area contributed by atoms with Crippen molar-refractivity contribution in [3.05, 3.63) is 28.8 Å². The van der Waals surface area contributed by atoms with Crippen molar-refractivity contribution in [2.24, 2.45) is 0 Å². The molecule has 1 fully saturated rings. The van der Waals surface area contributed by atoms with Crippen LogP contribution >= 0.6 is 0 Å². The van der Waals surface area contributed by atoms with Gasteiger partial charge in [-0.05, 0) is 25.3 Å². The molecule has 1 atom stereocenters. The lowest BCUT2D eigenvalue weighted by Gasteiger charge is -2.25. The van der Waals surface area contributed by atoms with Crippen LogP contribution in [0.1, 0.15) is 29.5 Å². The van der Waals surface area contributed by atoms with Gasteiger partial charge in [0.25, 0.3) is 0 Å². The Morgan fingerprint density at radius 2 is 2.05 bits per heavy atom. The van der Waals surface area contributed by atoms with E-state index in [9.17, 15) is 14.4 Å². The maximum atomic E-state index is 12.8. The van der Waals surface area contributed by atoms with E-state index in [2.05, 4.69) is 11.4 Å². The van der Waals surface area contributed by atoms with E-state index < -0.39 is 11.3 Å². The van der Waals surface area contributed by atoms with Crippen LogP contribution in [-0.2, 0) is 26.2 Å². The van der Waals surface area contributed by atoms with Crippen molar-refractivity contribution < 1.29 is 14.4 Å². The zero-order valence-corrected chi connectivity index (χ0v) is 11.2. The van der Waals surface area contributed by atoms with Crippen LogP contribution in [0.5, 0.6) is 0 Å².